The van der Waals surface area contributed by atoms with Crippen LogP contribution in [0.2, 0.25) is 0 Å². The van der Waals surface area contributed by atoms with Crippen molar-refractivity contribution in [3.63, 3.8) is 0 Å². The van der Waals surface area contributed by atoms with E-state index in [2.05, 4.69) is 0 Å². The van der Waals surface area contributed by atoms with Crippen molar-refractivity contribution in [3.8, 4) is 5.75 Å². The van der Waals surface area contributed by atoms with Gasteiger partial charge in [-0.3, -0.25) is 0 Å². The van der Waals surface area contributed by atoms with Crippen molar-refractivity contribution in [2.24, 2.45) is 5.92 Å². The number of aliphatic hydroxyl groups is 1. The fourth-order valence-electron chi connectivity index (χ4n) is 2.66. The Labute approximate surface area is 149 Å². The predicted octanol–water partition coefficient (Wildman–Crippen LogP) is 2.90. The van der Waals surface area contributed by atoms with Crippen LogP contribution in [-0.4, -0.2) is 37.6 Å². The maximum absolute atomic E-state index is 13.2. The van der Waals surface area contributed by atoms with Crippen LogP contribution < -0.4 is 4.74 Å². The highest BCUT2D eigenvalue weighted by Crippen LogP contribution is 2.25. The van der Waals surface area contributed by atoms with E-state index in [4.69, 9.17) is 4.74 Å². The quantitative estimate of drug-likeness (QED) is 0.783. The van der Waals surface area contributed by atoms with Crippen LogP contribution in [0.15, 0.2) is 59.5 Å². The molecular formula is C19H25NO4S. The normalized spacial score (nSPS) is 13.2. The maximum atomic E-state index is 13.2. The van der Waals surface area contributed by atoms with Crippen molar-refractivity contribution >= 4 is 10.0 Å². The van der Waals surface area contributed by atoms with E-state index in [-0.39, 0.29) is 24.0 Å². The topological polar surface area (TPSA) is 66.8 Å². The van der Waals surface area contributed by atoms with Gasteiger partial charge in [-0.15, -0.1) is 0 Å². The van der Waals surface area contributed by atoms with Gasteiger partial charge in [-0.25, -0.2) is 8.42 Å². The summed E-state index contributed by atoms with van der Waals surface area (Å²) in [5.74, 6) is 0.567. The van der Waals surface area contributed by atoms with Gasteiger partial charge in [0.05, 0.1) is 24.7 Å². The molecule has 0 aliphatic carbocycles. The van der Waals surface area contributed by atoms with E-state index in [0.29, 0.717) is 5.75 Å². The highest BCUT2D eigenvalue weighted by atomic mass is 32.2. The summed E-state index contributed by atoms with van der Waals surface area (Å²) in [6.07, 6.45) is 0. The van der Waals surface area contributed by atoms with Crippen LogP contribution in [0, 0.1) is 5.92 Å². The lowest BCUT2D eigenvalue weighted by Crippen LogP contribution is -2.44. The van der Waals surface area contributed by atoms with Crippen LogP contribution in [0.4, 0.5) is 0 Å². The monoisotopic (exact) mass is 363 g/mol. The molecule has 1 unspecified atom stereocenters. The summed E-state index contributed by atoms with van der Waals surface area (Å²) < 4.78 is 32.9. The zero-order chi connectivity index (χ0) is 18.4. The molecule has 136 valence electrons. The van der Waals surface area contributed by atoms with Crippen LogP contribution in [0.5, 0.6) is 5.75 Å². The van der Waals surface area contributed by atoms with Gasteiger partial charge in [0.1, 0.15) is 5.75 Å². The average Bonchev–Trinajstić information content (AvgIpc) is 2.62. The first-order valence-electron chi connectivity index (χ1n) is 8.20. The molecule has 5 nitrogen and oxygen atoms in total. The molecule has 0 aliphatic heterocycles. The van der Waals surface area contributed by atoms with Crippen molar-refractivity contribution in [1.82, 2.24) is 4.31 Å². The lowest BCUT2D eigenvalue weighted by Gasteiger charge is -2.32. The molecule has 0 amide bonds. The Morgan fingerprint density at radius 2 is 1.64 bits per heavy atom. The molecule has 2 aromatic carbocycles. The lowest BCUT2D eigenvalue weighted by molar-refractivity contribution is 0.148. The predicted molar refractivity (Wildman–Crippen MR) is 97.9 cm³/mol. The van der Waals surface area contributed by atoms with Crippen LogP contribution in [-0.2, 0) is 16.6 Å². The third kappa shape index (κ3) is 4.60. The van der Waals surface area contributed by atoms with E-state index in [1.807, 2.05) is 44.2 Å². The summed E-state index contributed by atoms with van der Waals surface area (Å²) >= 11 is 0. The minimum absolute atomic E-state index is 0.0262. The fraction of sp³-hybridized carbons (Fsp3) is 0.368. The Morgan fingerprint density at radius 1 is 1.04 bits per heavy atom. The summed E-state index contributed by atoms with van der Waals surface area (Å²) in [6, 6.07) is 15.2. The maximum Gasteiger partial charge on any atom is 0.243 e. The third-order valence-corrected chi connectivity index (χ3v) is 6.06. The molecule has 1 N–H and O–H groups in total. The van der Waals surface area contributed by atoms with Crippen molar-refractivity contribution in [3.05, 3.63) is 60.2 Å². The number of rotatable bonds is 8. The number of benzene rings is 2. The number of aliphatic hydroxyl groups excluding tert-OH is 1. The van der Waals surface area contributed by atoms with Crippen LogP contribution >= 0.6 is 0 Å². The summed E-state index contributed by atoms with van der Waals surface area (Å²) in [5.41, 5.74) is 0.874. The molecule has 0 saturated carbocycles. The lowest BCUT2D eigenvalue weighted by atomic mass is 10.1. The van der Waals surface area contributed by atoms with Gasteiger partial charge < -0.3 is 9.84 Å². The number of ether oxygens (including phenoxy) is 1. The minimum atomic E-state index is -3.76. The molecule has 0 aliphatic rings. The summed E-state index contributed by atoms with van der Waals surface area (Å²) in [4.78, 5) is 0.184. The summed E-state index contributed by atoms with van der Waals surface area (Å²) in [5, 5.41) is 9.81. The van der Waals surface area contributed by atoms with Crippen molar-refractivity contribution in [1.29, 1.82) is 0 Å². The number of sulfonamides is 1. The van der Waals surface area contributed by atoms with Crippen molar-refractivity contribution in [2.45, 2.75) is 31.3 Å². The molecule has 0 bridgehead atoms. The Kier molecular flexibility index (Phi) is 6.58. The second-order valence-corrected chi connectivity index (χ2v) is 8.10. The molecule has 0 radical (unpaired) electrons. The van der Waals surface area contributed by atoms with Gasteiger partial charge in [0.25, 0.3) is 0 Å². The Bertz CT molecular complexity index is 758. The number of methoxy groups -OCH3 is 1. The molecular weight excluding hydrogens is 338 g/mol. The van der Waals surface area contributed by atoms with Gasteiger partial charge in [-0.2, -0.15) is 4.31 Å². The average molecular weight is 363 g/mol. The van der Waals surface area contributed by atoms with Crippen LogP contribution in [0.1, 0.15) is 19.4 Å². The van der Waals surface area contributed by atoms with Gasteiger partial charge in [-0.1, -0.05) is 44.2 Å². The fourth-order valence-corrected chi connectivity index (χ4v) is 4.40. The molecule has 2 aromatic rings. The third-order valence-electron chi connectivity index (χ3n) is 4.17. The molecule has 2 rings (SSSR count). The van der Waals surface area contributed by atoms with Gasteiger partial charge in [0.15, 0.2) is 0 Å². The second-order valence-electron chi connectivity index (χ2n) is 6.21. The van der Waals surface area contributed by atoms with E-state index in [1.54, 1.807) is 12.1 Å². The molecule has 0 aromatic heterocycles. The van der Waals surface area contributed by atoms with E-state index < -0.39 is 16.1 Å². The van der Waals surface area contributed by atoms with Crippen LogP contribution in [0.25, 0.3) is 0 Å². The zero-order valence-corrected chi connectivity index (χ0v) is 15.6. The number of nitrogens with zero attached hydrogens (tertiary/aromatic N) is 1. The smallest absolute Gasteiger partial charge is 0.243 e. The second kappa shape index (κ2) is 8.47. The SMILES string of the molecule is COc1ccc(S(=O)(=O)N(Cc2ccccc2)C(CO)C(C)C)cc1. The molecule has 0 spiro atoms. The summed E-state index contributed by atoms with van der Waals surface area (Å²) in [6.45, 7) is 3.78. The molecule has 25 heavy (non-hydrogen) atoms. The number of hydrogen-bond acceptors (Lipinski definition) is 4. The molecule has 0 fully saturated rings. The Hall–Kier alpha value is -1.89. The van der Waals surface area contributed by atoms with Gasteiger partial charge in [0.2, 0.25) is 10.0 Å². The van der Waals surface area contributed by atoms with Gasteiger partial charge in [-0.05, 0) is 35.7 Å². The van der Waals surface area contributed by atoms with E-state index in [0.717, 1.165) is 5.56 Å². The van der Waals surface area contributed by atoms with E-state index in [1.165, 1.54) is 23.5 Å². The Balaban J connectivity index is 2.44. The first kappa shape index (κ1) is 19.4. The molecule has 0 saturated heterocycles. The number of hydrogen-bond donors (Lipinski definition) is 1. The Morgan fingerprint density at radius 3 is 2.12 bits per heavy atom. The molecule has 0 heterocycles. The molecule has 1 atom stereocenters. The largest absolute Gasteiger partial charge is 0.497 e. The zero-order valence-electron chi connectivity index (χ0n) is 14.8. The van der Waals surface area contributed by atoms with Crippen molar-refractivity contribution < 1.29 is 18.3 Å². The van der Waals surface area contributed by atoms with Gasteiger partial charge in [0, 0.05) is 6.54 Å². The highest BCUT2D eigenvalue weighted by Gasteiger charge is 2.33. The minimum Gasteiger partial charge on any atom is -0.497 e. The van der Waals surface area contributed by atoms with Crippen molar-refractivity contribution in [2.75, 3.05) is 13.7 Å². The van der Waals surface area contributed by atoms with E-state index >= 15 is 0 Å². The van der Waals surface area contributed by atoms with Gasteiger partial charge >= 0.3 is 0 Å². The van der Waals surface area contributed by atoms with Crippen LogP contribution in [0.3, 0.4) is 0 Å². The molecule has 6 heteroatoms. The standard InChI is InChI=1S/C19H25NO4S/c1-15(2)19(14-21)20(13-16-7-5-4-6-8-16)25(22,23)18-11-9-17(24-3)10-12-18/h4-12,15,19,21H,13-14H2,1-3H3. The highest BCUT2D eigenvalue weighted by molar-refractivity contribution is 7.89. The van der Waals surface area contributed by atoms with E-state index in [9.17, 15) is 13.5 Å². The summed E-state index contributed by atoms with van der Waals surface area (Å²) in [7, 11) is -2.23. The first-order chi connectivity index (χ1) is 11.9. The first-order valence-corrected chi connectivity index (χ1v) is 9.65.